The first-order valence-corrected chi connectivity index (χ1v) is 23.5. The predicted octanol–water partition coefficient (Wildman–Crippen LogP) is 12.1. The Labute approximate surface area is 380 Å². The van der Waals surface area contributed by atoms with E-state index in [1.807, 2.05) is 0 Å². The molecule has 0 amide bonds. The van der Waals surface area contributed by atoms with E-state index in [1.54, 1.807) is 0 Å². The Morgan fingerprint density at radius 3 is 1.30 bits per heavy atom. The monoisotopic (exact) mass is 936 g/mol. The van der Waals surface area contributed by atoms with Crippen molar-refractivity contribution < 1.29 is 55.0 Å². The Morgan fingerprint density at radius 2 is 0.924 bits per heavy atom. The SMILES string of the molecule is O=C1C(=O)c2ccc(C(F)(F)F)cc2/C1=C/c1nc2c(s1)C1=CC3C=C4OC5(CCCCC5)c5nc(/C=C6\C(=O)C(=O)c7ccc(C(F)(F)F)cc76)sc5C4=CC3C=C1OC21CCCCC1. The van der Waals surface area contributed by atoms with Gasteiger partial charge in [-0.15, -0.1) is 22.7 Å². The van der Waals surface area contributed by atoms with Crippen LogP contribution in [0.15, 0.2) is 72.2 Å². The molecule has 12 rings (SSSR count). The summed E-state index contributed by atoms with van der Waals surface area (Å²) in [4.78, 5) is 64.2. The van der Waals surface area contributed by atoms with Gasteiger partial charge in [-0.3, -0.25) is 19.2 Å². The number of rotatable bonds is 2. The van der Waals surface area contributed by atoms with Crippen molar-refractivity contribution in [2.24, 2.45) is 11.8 Å². The first-order chi connectivity index (χ1) is 31.5. The number of hydrogen-bond acceptors (Lipinski definition) is 10. The predicted molar refractivity (Wildman–Crippen MR) is 232 cm³/mol. The molecular weight excluding hydrogens is 903 g/mol. The van der Waals surface area contributed by atoms with Crippen LogP contribution in [-0.4, -0.2) is 33.1 Å². The third-order valence-electron chi connectivity index (χ3n) is 14.2. The van der Waals surface area contributed by atoms with Crippen LogP contribution in [0.25, 0.3) is 34.4 Å². The fourth-order valence-corrected chi connectivity index (χ4v) is 13.2. The van der Waals surface area contributed by atoms with Crippen LogP contribution in [0.5, 0.6) is 0 Å². The molecule has 0 N–H and O–H groups in total. The minimum atomic E-state index is -4.68. The normalized spacial score (nSPS) is 24.6. The number of allylic oxidation sites excluding steroid dienone is 8. The van der Waals surface area contributed by atoms with Gasteiger partial charge in [0.1, 0.15) is 32.9 Å². The molecule has 8 aliphatic rings. The van der Waals surface area contributed by atoms with E-state index in [9.17, 15) is 45.5 Å². The molecule has 4 aromatic rings. The number of alkyl halides is 6. The molecule has 2 aliphatic heterocycles. The minimum absolute atomic E-state index is 0.0728. The summed E-state index contributed by atoms with van der Waals surface area (Å²) in [6.45, 7) is 0. The summed E-state index contributed by atoms with van der Waals surface area (Å²) in [6, 6.07) is 5.40. The number of hydrogen-bond donors (Lipinski definition) is 0. The van der Waals surface area contributed by atoms with Gasteiger partial charge in [0.2, 0.25) is 23.1 Å². The van der Waals surface area contributed by atoms with Gasteiger partial charge in [-0.05, 0) is 123 Å². The molecule has 2 fully saturated rings. The highest BCUT2D eigenvalue weighted by Gasteiger charge is 2.51. The summed E-state index contributed by atoms with van der Waals surface area (Å²) in [7, 11) is 0. The summed E-state index contributed by atoms with van der Waals surface area (Å²) >= 11 is 2.61. The molecular formula is C50H34F6N2O6S2. The zero-order valence-corrected chi connectivity index (χ0v) is 36.2. The van der Waals surface area contributed by atoms with Crippen molar-refractivity contribution in [3.8, 4) is 0 Å². The zero-order chi connectivity index (χ0) is 45.7. The highest BCUT2D eigenvalue weighted by Crippen LogP contribution is 2.58. The molecule has 16 heteroatoms. The first kappa shape index (κ1) is 41.4. The minimum Gasteiger partial charge on any atom is -0.481 e. The molecule has 66 heavy (non-hydrogen) atoms. The Morgan fingerprint density at radius 1 is 0.530 bits per heavy atom. The maximum Gasteiger partial charge on any atom is 0.416 e. The molecule has 6 aliphatic carbocycles. The number of halogens is 6. The molecule has 2 saturated carbocycles. The summed E-state index contributed by atoms with van der Waals surface area (Å²) in [5.41, 5.74) is -1.08. The van der Waals surface area contributed by atoms with Gasteiger partial charge in [-0.25, -0.2) is 9.97 Å². The Bertz CT molecular complexity index is 2920. The number of nitrogens with zero attached hydrogens (tertiary/aromatic N) is 2. The van der Waals surface area contributed by atoms with Crippen molar-refractivity contribution in [2.45, 2.75) is 87.8 Å². The second-order valence-corrected chi connectivity index (χ2v) is 20.2. The quantitative estimate of drug-likeness (QED) is 0.111. The number of thiazole rings is 2. The standard InChI is InChI=1S/C50H34F6N2O6S2/c51-49(52,53)25-7-9-27-29(19-25)31(41(61)39(27)59)21-37-57-45-43(65-37)33-15-24-18-36-34(16-23(24)17-35(33)63-47(45)11-3-1-4-12-47)44-46(48(64-36)13-5-2-6-14-48)58-38(66-44)22-32-30-20-26(50(54,55)56)8-10-28(30)40(60)42(32)62/h7-10,15-24H,1-6,11-14H2/b31-21-,32-22-. The average Bonchev–Trinajstić information content (AvgIpc) is 4.04. The van der Waals surface area contributed by atoms with Gasteiger partial charge in [0.15, 0.2) is 11.2 Å². The molecule has 0 bridgehead atoms. The van der Waals surface area contributed by atoms with Crippen molar-refractivity contribution in [1.29, 1.82) is 0 Å². The molecule has 2 aromatic carbocycles. The molecule has 2 spiro atoms. The fraction of sp³-hybridized carbons (Fsp3) is 0.320. The molecule has 8 nitrogen and oxygen atoms in total. The number of ketones is 4. The van der Waals surface area contributed by atoms with Crippen molar-refractivity contribution in [1.82, 2.24) is 9.97 Å². The zero-order valence-electron chi connectivity index (χ0n) is 34.6. The van der Waals surface area contributed by atoms with E-state index < -0.39 is 57.8 Å². The number of aromatic nitrogens is 2. The Kier molecular flexibility index (Phi) is 8.95. The van der Waals surface area contributed by atoms with Gasteiger partial charge in [-0.1, -0.05) is 25.0 Å². The largest absolute Gasteiger partial charge is 0.481 e. The van der Waals surface area contributed by atoms with E-state index >= 15 is 0 Å². The third kappa shape index (κ3) is 6.22. The lowest BCUT2D eigenvalue weighted by molar-refractivity contribution is -0.138. The van der Waals surface area contributed by atoms with Gasteiger partial charge in [-0.2, -0.15) is 26.3 Å². The van der Waals surface area contributed by atoms with Gasteiger partial charge < -0.3 is 9.47 Å². The van der Waals surface area contributed by atoms with Crippen molar-refractivity contribution in [2.75, 3.05) is 0 Å². The average molecular weight is 937 g/mol. The molecule has 0 radical (unpaired) electrons. The van der Waals surface area contributed by atoms with Crippen LogP contribution in [0.2, 0.25) is 0 Å². The molecule has 2 unspecified atom stereocenters. The number of Topliss-reactive ketones (excluding diaryl/α,β-unsaturated/α-hetero) is 4. The van der Waals surface area contributed by atoms with Crippen LogP contribution in [0.1, 0.15) is 138 Å². The highest BCUT2D eigenvalue weighted by molar-refractivity contribution is 7.14. The lowest BCUT2D eigenvalue weighted by Gasteiger charge is -2.45. The maximum atomic E-state index is 13.8. The summed E-state index contributed by atoms with van der Waals surface area (Å²) in [5.74, 6) is -2.60. The topological polar surface area (TPSA) is 113 Å². The molecule has 0 saturated heterocycles. The van der Waals surface area contributed by atoms with E-state index in [1.165, 1.54) is 34.8 Å². The maximum absolute atomic E-state index is 13.8. The van der Waals surface area contributed by atoms with Crippen LogP contribution in [0.4, 0.5) is 26.3 Å². The van der Waals surface area contributed by atoms with Crippen LogP contribution in [0, 0.1) is 11.8 Å². The van der Waals surface area contributed by atoms with Crippen LogP contribution in [-0.2, 0) is 42.6 Å². The first-order valence-electron chi connectivity index (χ1n) is 21.8. The van der Waals surface area contributed by atoms with Gasteiger partial charge in [0, 0.05) is 45.3 Å². The number of fused-ring (bicyclic) bond motifs is 11. The molecule has 4 heterocycles. The van der Waals surface area contributed by atoms with Gasteiger partial charge in [0.05, 0.1) is 20.9 Å². The van der Waals surface area contributed by atoms with Crippen LogP contribution < -0.4 is 0 Å². The number of carbonyl (C=O) groups excluding carboxylic acids is 4. The van der Waals surface area contributed by atoms with Crippen molar-refractivity contribution >= 4 is 80.3 Å². The van der Waals surface area contributed by atoms with Crippen molar-refractivity contribution in [3.63, 3.8) is 0 Å². The summed E-state index contributed by atoms with van der Waals surface area (Å²) < 4.78 is 96.6. The molecule has 334 valence electrons. The smallest absolute Gasteiger partial charge is 0.416 e. The van der Waals surface area contributed by atoms with E-state index in [0.29, 0.717) is 58.6 Å². The summed E-state index contributed by atoms with van der Waals surface area (Å²) in [6.07, 6.45) is 10.1. The molecule has 2 aromatic heterocycles. The number of carbonyl (C=O) groups is 4. The van der Waals surface area contributed by atoms with Crippen molar-refractivity contribution in [3.05, 3.63) is 137 Å². The van der Waals surface area contributed by atoms with E-state index in [4.69, 9.17) is 19.4 Å². The van der Waals surface area contributed by atoms with Gasteiger partial charge >= 0.3 is 12.4 Å². The second-order valence-electron chi connectivity index (χ2n) is 18.1. The molecule has 2 atom stereocenters. The lowest BCUT2D eigenvalue weighted by atomic mass is 9.73. The lowest BCUT2D eigenvalue weighted by Crippen LogP contribution is -2.38. The fourth-order valence-electron chi connectivity index (χ4n) is 10.9. The van der Waals surface area contributed by atoms with Crippen LogP contribution in [0.3, 0.4) is 0 Å². The van der Waals surface area contributed by atoms with Crippen LogP contribution >= 0.6 is 22.7 Å². The van der Waals surface area contributed by atoms with E-state index in [0.717, 1.165) is 95.8 Å². The Hall–Kier alpha value is -6.00. The van der Waals surface area contributed by atoms with Gasteiger partial charge in [0.25, 0.3) is 0 Å². The Balaban J connectivity index is 0.943. The summed E-state index contributed by atoms with van der Waals surface area (Å²) in [5, 5.41) is 0.740. The van der Waals surface area contributed by atoms with E-state index in [-0.39, 0.29) is 45.2 Å². The number of ether oxygens (including phenoxy) is 2. The third-order valence-corrected chi connectivity index (χ3v) is 16.2. The highest BCUT2D eigenvalue weighted by atomic mass is 32.1. The number of benzene rings is 2. The second kappa shape index (κ2) is 14.3. The van der Waals surface area contributed by atoms with E-state index in [2.05, 4.69) is 24.3 Å².